The number of halogens is 1. The zero-order chi connectivity index (χ0) is 18.6. The highest BCUT2D eigenvalue weighted by molar-refractivity contribution is 6.20. The average molecular weight is 344 g/mol. The monoisotopic (exact) mass is 344 g/mol. The molecule has 4 aromatic rings. The van der Waals surface area contributed by atoms with E-state index in [4.69, 9.17) is 13.2 Å². The minimum atomic E-state index is -0.453. The van der Waals surface area contributed by atoms with E-state index in [1.807, 2.05) is 35.4 Å². The molecular formula is C18H14BFN6. The molecule has 8 heteroatoms. The van der Waals surface area contributed by atoms with E-state index in [1.54, 1.807) is 19.4 Å². The molecule has 4 rings (SSSR count). The summed E-state index contributed by atoms with van der Waals surface area (Å²) in [5, 5.41) is 10.0. The van der Waals surface area contributed by atoms with Gasteiger partial charge in [0, 0.05) is 25.0 Å². The molecule has 0 saturated carbocycles. The molecule has 0 atom stereocenters. The van der Waals surface area contributed by atoms with Crippen LogP contribution in [-0.4, -0.2) is 34.1 Å². The highest BCUT2D eigenvalue weighted by Gasteiger charge is 2.19. The predicted molar refractivity (Wildman–Crippen MR) is 99.3 cm³/mol. The smallest absolute Gasteiger partial charge is 0.228 e. The number of fused-ring (bicyclic) bond motifs is 3. The van der Waals surface area contributed by atoms with Gasteiger partial charge in [-0.05, 0) is 31.3 Å². The molecule has 0 N–H and O–H groups in total. The lowest BCUT2D eigenvalue weighted by Gasteiger charge is -2.13. The first-order valence-electron chi connectivity index (χ1n) is 7.90. The molecule has 0 aliphatic rings. The second kappa shape index (κ2) is 5.59. The minimum Gasteiger partial charge on any atom is -0.411 e. The topological polar surface area (TPSA) is 62.7 Å². The summed E-state index contributed by atoms with van der Waals surface area (Å²) in [5.74, 6) is 0.100. The van der Waals surface area contributed by atoms with Crippen molar-refractivity contribution in [1.82, 2.24) is 19.1 Å². The molecule has 0 saturated heterocycles. The van der Waals surface area contributed by atoms with E-state index < -0.39 is 5.82 Å². The highest BCUT2D eigenvalue weighted by Crippen LogP contribution is 2.34. The van der Waals surface area contributed by atoms with Gasteiger partial charge in [0.05, 0.1) is 29.2 Å². The van der Waals surface area contributed by atoms with Crippen molar-refractivity contribution in [2.24, 2.45) is 14.1 Å². The van der Waals surface area contributed by atoms with Crippen molar-refractivity contribution in [3.8, 4) is 17.3 Å². The van der Waals surface area contributed by atoms with Gasteiger partial charge in [0.25, 0.3) is 0 Å². The fraction of sp³-hybridized carbons (Fsp3) is 0.167. The lowest BCUT2D eigenvalue weighted by atomic mass is 10.1. The van der Waals surface area contributed by atoms with E-state index in [2.05, 4.69) is 9.97 Å². The predicted octanol–water partition coefficient (Wildman–Crippen LogP) is 2.66. The summed E-state index contributed by atoms with van der Waals surface area (Å²) in [6.45, 7) is 0. The van der Waals surface area contributed by atoms with Crippen molar-refractivity contribution in [2.45, 2.75) is 0 Å². The normalized spacial score (nSPS) is 11.2. The molecule has 6 nitrogen and oxygen atoms in total. The molecule has 1 aromatic carbocycles. The van der Waals surface area contributed by atoms with Gasteiger partial charge in [0.1, 0.15) is 22.8 Å². The van der Waals surface area contributed by atoms with Crippen molar-refractivity contribution in [3.05, 3.63) is 42.0 Å². The number of benzene rings is 1. The Hall–Kier alpha value is -3.34. The molecule has 2 radical (unpaired) electrons. The van der Waals surface area contributed by atoms with Crippen LogP contribution in [-0.2, 0) is 14.1 Å². The fourth-order valence-electron chi connectivity index (χ4n) is 3.29. The van der Waals surface area contributed by atoms with Gasteiger partial charge in [-0.1, -0.05) is 0 Å². The first kappa shape index (κ1) is 16.2. The summed E-state index contributed by atoms with van der Waals surface area (Å²) in [5.41, 5.74) is 3.92. The number of rotatable bonds is 2. The third-order valence-corrected chi connectivity index (χ3v) is 4.47. The molecule has 26 heavy (non-hydrogen) atoms. The van der Waals surface area contributed by atoms with Gasteiger partial charge in [-0.2, -0.15) is 5.26 Å². The number of aryl methyl sites for hydroxylation is 2. The van der Waals surface area contributed by atoms with E-state index >= 15 is 0 Å². The summed E-state index contributed by atoms with van der Waals surface area (Å²) in [4.78, 5) is 10.5. The fourth-order valence-corrected chi connectivity index (χ4v) is 3.29. The van der Waals surface area contributed by atoms with Crippen LogP contribution < -0.4 is 4.81 Å². The highest BCUT2D eigenvalue weighted by atomic mass is 19.1. The summed E-state index contributed by atoms with van der Waals surface area (Å²) in [7, 11) is 11.4. The van der Waals surface area contributed by atoms with Crippen LogP contribution in [0, 0.1) is 17.1 Å². The van der Waals surface area contributed by atoms with Crippen LogP contribution >= 0.6 is 0 Å². The quantitative estimate of drug-likeness (QED) is 0.525. The Kier molecular flexibility index (Phi) is 3.48. The second-order valence-electron chi connectivity index (χ2n) is 6.27. The van der Waals surface area contributed by atoms with Crippen molar-refractivity contribution < 1.29 is 4.39 Å². The molecular weight excluding hydrogens is 330 g/mol. The van der Waals surface area contributed by atoms with Gasteiger partial charge >= 0.3 is 0 Å². The number of nitrogens with zero attached hydrogens (tertiary/aromatic N) is 6. The Morgan fingerprint density at radius 3 is 2.69 bits per heavy atom. The van der Waals surface area contributed by atoms with E-state index in [-0.39, 0.29) is 5.56 Å². The van der Waals surface area contributed by atoms with Crippen LogP contribution in [0.4, 0.5) is 10.2 Å². The second-order valence-corrected chi connectivity index (χ2v) is 6.27. The maximum atomic E-state index is 13.9. The maximum absolute atomic E-state index is 13.9. The number of pyridine rings is 1. The van der Waals surface area contributed by atoms with E-state index in [0.29, 0.717) is 22.5 Å². The van der Waals surface area contributed by atoms with Crippen molar-refractivity contribution in [3.63, 3.8) is 0 Å². The Morgan fingerprint density at radius 2 is 2.00 bits per heavy atom. The summed E-state index contributed by atoms with van der Waals surface area (Å²) in [6.07, 6.45) is 1.71. The third kappa shape index (κ3) is 2.24. The van der Waals surface area contributed by atoms with Crippen LogP contribution in [0.25, 0.3) is 33.3 Å². The Balaban J connectivity index is 2.10. The first-order chi connectivity index (χ1) is 12.4. The molecule has 0 aliphatic heterocycles. The number of nitriles is 1. The van der Waals surface area contributed by atoms with Gasteiger partial charge in [-0.3, -0.25) is 0 Å². The van der Waals surface area contributed by atoms with Gasteiger partial charge in [0.15, 0.2) is 0 Å². The number of anilines is 1. The van der Waals surface area contributed by atoms with Crippen molar-refractivity contribution in [1.29, 1.82) is 5.26 Å². The van der Waals surface area contributed by atoms with E-state index in [0.717, 1.165) is 16.6 Å². The summed E-state index contributed by atoms with van der Waals surface area (Å²) >= 11 is 0. The van der Waals surface area contributed by atoms with Gasteiger partial charge < -0.3 is 13.9 Å². The van der Waals surface area contributed by atoms with Gasteiger partial charge in [0.2, 0.25) is 7.98 Å². The minimum absolute atomic E-state index is 0.270. The zero-order valence-electron chi connectivity index (χ0n) is 14.5. The number of aromatic nitrogens is 4. The van der Waals surface area contributed by atoms with E-state index in [9.17, 15) is 4.39 Å². The first-order valence-corrected chi connectivity index (χ1v) is 7.90. The Morgan fingerprint density at radius 1 is 1.23 bits per heavy atom. The standard InChI is InChI=1S/C18H14BFN6/c1-24-9-22-15-16(24)13-7-14(11-4-10(8-21)5-12(20)6-11)25(2)17(13)23-18(15)26(3)19/h4-7,9H,1-3H3. The summed E-state index contributed by atoms with van der Waals surface area (Å²) < 4.78 is 17.7. The largest absolute Gasteiger partial charge is 0.411 e. The van der Waals surface area contributed by atoms with Gasteiger partial charge in [-0.15, -0.1) is 0 Å². The number of imidazole rings is 1. The Bertz CT molecular complexity index is 1210. The van der Waals surface area contributed by atoms with Crippen LogP contribution in [0.5, 0.6) is 0 Å². The molecule has 3 heterocycles. The van der Waals surface area contributed by atoms with Crippen LogP contribution in [0.1, 0.15) is 5.56 Å². The van der Waals surface area contributed by atoms with Crippen molar-refractivity contribution >= 4 is 35.9 Å². The molecule has 0 unspecified atom stereocenters. The average Bonchev–Trinajstić information content (AvgIpc) is 3.14. The Labute approximate surface area is 150 Å². The molecule has 0 fully saturated rings. The van der Waals surface area contributed by atoms with Crippen LogP contribution in [0.3, 0.4) is 0 Å². The number of hydrogen-bond donors (Lipinski definition) is 0. The molecule has 0 amide bonds. The van der Waals surface area contributed by atoms with E-state index in [1.165, 1.54) is 16.9 Å². The number of hydrogen-bond acceptors (Lipinski definition) is 4. The SMILES string of the molecule is [B]N(C)c1nc2c(cc(-c3cc(F)cc(C#N)c3)n2C)c2c1ncn2C. The molecule has 0 spiro atoms. The lowest BCUT2D eigenvalue weighted by molar-refractivity contribution is 0.627. The maximum Gasteiger partial charge on any atom is 0.228 e. The lowest BCUT2D eigenvalue weighted by Crippen LogP contribution is -2.14. The molecule has 0 aliphatic carbocycles. The molecule has 126 valence electrons. The van der Waals surface area contributed by atoms with Crippen molar-refractivity contribution in [2.75, 3.05) is 11.9 Å². The molecule has 0 bridgehead atoms. The van der Waals surface area contributed by atoms with Gasteiger partial charge in [-0.25, -0.2) is 14.4 Å². The molecule has 3 aromatic heterocycles. The van der Waals surface area contributed by atoms with Crippen LogP contribution in [0.2, 0.25) is 0 Å². The third-order valence-electron chi connectivity index (χ3n) is 4.47. The summed E-state index contributed by atoms with van der Waals surface area (Å²) in [6, 6.07) is 8.20. The zero-order valence-corrected chi connectivity index (χ0v) is 14.5. The van der Waals surface area contributed by atoms with Crippen LogP contribution in [0.15, 0.2) is 30.6 Å².